The van der Waals surface area contributed by atoms with E-state index in [9.17, 15) is 13.2 Å². The van der Waals surface area contributed by atoms with Gasteiger partial charge in [-0.2, -0.15) is 0 Å². The molecule has 1 fully saturated rings. The maximum atomic E-state index is 12.5. The summed E-state index contributed by atoms with van der Waals surface area (Å²) >= 11 is 0. The number of carbonyl (C=O) groups is 1. The van der Waals surface area contributed by atoms with E-state index in [-0.39, 0.29) is 18.9 Å². The summed E-state index contributed by atoms with van der Waals surface area (Å²) in [4.78, 5) is 16.6. The average Bonchev–Trinajstić information content (AvgIpc) is 2.57. The molecule has 1 heterocycles. The van der Waals surface area contributed by atoms with E-state index in [0.717, 1.165) is 43.9 Å². The Bertz CT molecular complexity index is 710. The number of piperazine rings is 1. The lowest BCUT2D eigenvalue weighted by molar-refractivity contribution is -0.132. The first-order valence-corrected chi connectivity index (χ1v) is 10.6. The summed E-state index contributed by atoms with van der Waals surface area (Å²) in [6, 6.07) is 5.57. The molecule has 1 aromatic rings. The molecule has 1 aromatic carbocycles. The van der Waals surface area contributed by atoms with Crippen LogP contribution in [0.2, 0.25) is 0 Å². The molecule has 0 aromatic heterocycles. The Hall–Kier alpha value is -1.60. The molecule has 0 bridgehead atoms. The third-order valence-corrected chi connectivity index (χ3v) is 6.07. The molecule has 0 aliphatic carbocycles. The van der Waals surface area contributed by atoms with Crippen molar-refractivity contribution in [2.45, 2.75) is 27.2 Å². The van der Waals surface area contributed by atoms with Crippen LogP contribution in [0.3, 0.4) is 0 Å². The summed E-state index contributed by atoms with van der Waals surface area (Å²) < 4.78 is 25.7. The van der Waals surface area contributed by atoms with E-state index in [2.05, 4.69) is 11.8 Å². The van der Waals surface area contributed by atoms with Gasteiger partial charge in [-0.15, -0.1) is 0 Å². The van der Waals surface area contributed by atoms with Gasteiger partial charge in [-0.3, -0.25) is 9.10 Å². The minimum absolute atomic E-state index is 0.0215. The highest BCUT2D eigenvalue weighted by molar-refractivity contribution is 7.92. The van der Waals surface area contributed by atoms with E-state index in [0.29, 0.717) is 5.69 Å². The predicted octanol–water partition coefficient (Wildman–Crippen LogP) is 1.62. The molecule has 0 atom stereocenters. The second-order valence-electron chi connectivity index (χ2n) is 6.67. The Kier molecular flexibility index (Phi) is 6.46. The second-order valence-corrected chi connectivity index (χ2v) is 8.58. The number of likely N-dealkylation sites (N-methyl/N-ethyl adjacent to an activating group) is 1. The van der Waals surface area contributed by atoms with Gasteiger partial charge in [-0.05, 0) is 43.7 Å². The minimum atomic E-state index is -3.43. The molecule has 140 valence electrons. The number of aryl methyl sites for hydroxylation is 2. The standard InChI is InChI=1S/C18H29N3O3S/c1-5-19-10-12-20(13-11-19)18(22)8-9-21(25(4,23)24)17-7-6-15(2)16(3)14-17/h6-7,14H,5,8-13H2,1-4H3. The van der Waals surface area contributed by atoms with Crippen molar-refractivity contribution in [3.05, 3.63) is 29.3 Å². The molecular weight excluding hydrogens is 338 g/mol. The number of benzene rings is 1. The molecular formula is C18H29N3O3S. The molecule has 0 N–H and O–H groups in total. The van der Waals surface area contributed by atoms with Gasteiger partial charge in [0.05, 0.1) is 11.9 Å². The quantitative estimate of drug-likeness (QED) is 0.767. The van der Waals surface area contributed by atoms with Crippen LogP contribution < -0.4 is 4.31 Å². The Labute approximate surface area is 151 Å². The fraction of sp³-hybridized carbons (Fsp3) is 0.611. The molecule has 0 unspecified atom stereocenters. The lowest BCUT2D eigenvalue weighted by Gasteiger charge is -2.34. The first kappa shape index (κ1) is 19.7. The van der Waals surface area contributed by atoms with Crippen LogP contribution in [-0.4, -0.2) is 69.6 Å². The van der Waals surface area contributed by atoms with Crippen LogP contribution in [0.4, 0.5) is 5.69 Å². The van der Waals surface area contributed by atoms with Gasteiger partial charge < -0.3 is 9.80 Å². The SMILES string of the molecule is CCN1CCN(C(=O)CCN(c2ccc(C)c(C)c2)S(C)(=O)=O)CC1. The Morgan fingerprint density at radius 2 is 1.76 bits per heavy atom. The number of anilines is 1. The van der Waals surface area contributed by atoms with Crippen LogP contribution in [0.1, 0.15) is 24.5 Å². The highest BCUT2D eigenvalue weighted by atomic mass is 32.2. The Morgan fingerprint density at radius 3 is 2.28 bits per heavy atom. The third-order valence-electron chi connectivity index (χ3n) is 4.88. The van der Waals surface area contributed by atoms with Gasteiger partial charge in [0.15, 0.2) is 0 Å². The van der Waals surface area contributed by atoms with E-state index < -0.39 is 10.0 Å². The molecule has 7 heteroatoms. The molecule has 1 amide bonds. The largest absolute Gasteiger partial charge is 0.340 e. The summed E-state index contributed by atoms with van der Waals surface area (Å²) in [5.74, 6) is 0.0215. The molecule has 0 spiro atoms. The second kappa shape index (κ2) is 8.19. The zero-order valence-electron chi connectivity index (χ0n) is 15.7. The normalized spacial score (nSPS) is 16.1. The van der Waals surface area contributed by atoms with Crippen LogP contribution in [-0.2, 0) is 14.8 Å². The van der Waals surface area contributed by atoms with E-state index in [1.165, 1.54) is 10.6 Å². The molecule has 0 radical (unpaired) electrons. The van der Waals surface area contributed by atoms with Crippen molar-refractivity contribution in [1.82, 2.24) is 9.80 Å². The third kappa shape index (κ3) is 5.19. The highest BCUT2D eigenvalue weighted by Crippen LogP contribution is 2.21. The number of hydrogen-bond donors (Lipinski definition) is 0. The van der Waals surface area contributed by atoms with E-state index >= 15 is 0 Å². The zero-order chi connectivity index (χ0) is 18.6. The summed E-state index contributed by atoms with van der Waals surface area (Å²) in [7, 11) is -3.43. The monoisotopic (exact) mass is 367 g/mol. The number of hydrogen-bond acceptors (Lipinski definition) is 4. The Balaban J connectivity index is 2.03. The lowest BCUT2D eigenvalue weighted by atomic mass is 10.1. The zero-order valence-corrected chi connectivity index (χ0v) is 16.5. The van der Waals surface area contributed by atoms with Gasteiger partial charge in [0, 0.05) is 39.1 Å². The van der Waals surface area contributed by atoms with Crippen molar-refractivity contribution in [2.75, 3.05) is 49.8 Å². The summed E-state index contributed by atoms with van der Waals surface area (Å²) in [6.45, 7) is 10.4. The minimum Gasteiger partial charge on any atom is -0.340 e. The molecule has 1 aliphatic heterocycles. The average molecular weight is 368 g/mol. The summed E-state index contributed by atoms with van der Waals surface area (Å²) in [5, 5.41) is 0. The lowest BCUT2D eigenvalue weighted by Crippen LogP contribution is -2.49. The number of carbonyl (C=O) groups excluding carboxylic acids is 1. The van der Waals surface area contributed by atoms with E-state index in [1.54, 1.807) is 6.07 Å². The van der Waals surface area contributed by atoms with Gasteiger partial charge in [0.1, 0.15) is 0 Å². The summed E-state index contributed by atoms with van der Waals surface area (Å²) in [5.41, 5.74) is 2.77. The van der Waals surface area contributed by atoms with Crippen LogP contribution in [0, 0.1) is 13.8 Å². The molecule has 6 nitrogen and oxygen atoms in total. The van der Waals surface area contributed by atoms with Crippen LogP contribution in [0.25, 0.3) is 0 Å². The first-order chi connectivity index (χ1) is 11.7. The van der Waals surface area contributed by atoms with Crippen molar-refractivity contribution in [3.8, 4) is 0 Å². The van der Waals surface area contributed by atoms with Crippen LogP contribution in [0.5, 0.6) is 0 Å². The maximum absolute atomic E-state index is 12.5. The molecule has 0 saturated carbocycles. The molecule has 2 rings (SSSR count). The van der Waals surface area contributed by atoms with Crippen molar-refractivity contribution in [1.29, 1.82) is 0 Å². The number of nitrogens with zero attached hydrogens (tertiary/aromatic N) is 3. The van der Waals surface area contributed by atoms with Crippen LogP contribution in [0.15, 0.2) is 18.2 Å². The molecule has 25 heavy (non-hydrogen) atoms. The van der Waals surface area contributed by atoms with E-state index in [1.807, 2.05) is 30.9 Å². The van der Waals surface area contributed by atoms with Gasteiger partial charge in [0.2, 0.25) is 15.9 Å². The first-order valence-electron chi connectivity index (χ1n) is 8.77. The molecule has 1 saturated heterocycles. The van der Waals surface area contributed by atoms with Crippen molar-refractivity contribution < 1.29 is 13.2 Å². The van der Waals surface area contributed by atoms with Crippen molar-refractivity contribution in [2.24, 2.45) is 0 Å². The maximum Gasteiger partial charge on any atom is 0.232 e. The predicted molar refractivity (Wildman–Crippen MR) is 101 cm³/mol. The fourth-order valence-corrected chi connectivity index (χ4v) is 3.96. The van der Waals surface area contributed by atoms with Gasteiger partial charge >= 0.3 is 0 Å². The highest BCUT2D eigenvalue weighted by Gasteiger charge is 2.23. The topological polar surface area (TPSA) is 60.9 Å². The fourth-order valence-electron chi connectivity index (χ4n) is 3.04. The smallest absolute Gasteiger partial charge is 0.232 e. The van der Waals surface area contributed by atoms with Gasteiger partial charge in [0.25, 0.3) is 0 Å². The van der Waals surface area contributed by atoms with Crippen LogP contribution >= 0.6 is 0 Å². The molecule has 1 aliphatic rings. The summed E-state index contributed by atoms with van der Waals surface area (Å²) in [6.07, 6.45) is 1.39. The van der Waals surface area contributed by atoms with E-state index in [4.69, 9.17) is 0 Å². The Morgan fingerprint density at radius 1 is 1.12 bits per heavy atom. The number of amides is 1. The number of rotatable bonds is 6. The van der Waals surface area contributed by atoms with Gasteiger partial charge in [-0.25, -0.2) is 8.42 Å². The van der Waals surface area contributed by atoms with Gasteiger partial charge in [-0.1, -0.05) is 13.0 Å². The van der Waals surface area contributed by atoms with Crippen molar-refractivity contribution >= 4 is 21.6 Å². The van der Waals surface area contributed by atoms with Crippen molar-refractivity contribution in [3.63, 3.8) is 0 Å². The number of sulfonamides is 1.